The van der Waals surface area contributed by atoms with Gasteiger partial charge in [0.1, 0.15) is 0 Å². The minimum Gasteiger partial charge on any atom is -0.469 e. The van der Waals surface area contributed by atoms with Gasteiger partial charge in [0.25, 0.3) is 10.2 Å². The molecule has 0 amide bonds. The molecule has 17 heavy (non-hydrogen) atoms. The quantitative estimate of drug-likeness (QED) is 0.628. The Morgan fingerprint density at radius 2 is 1.88 bits per heavy atom. The highest BCUT2D eigenvalue weighted by molar-refractivity contribution is 7.86. The van der Waals surface area contributed by atoms with E-state index in [4.69, 9.17) is 0 Å². The van der Waals surface area contributed by atoms with Crippen LogP contribution in [0.25, 0.3) is 0 Å². The fourth-order valence-corrected chi connectivity index (χ4v) is 2.98. The van der Waals surface area contributed by atoms with Crippen LogP contribution in [0.15, 0.2) is 0 Å². The van der Waals surface area contributed by atoms with Crippen molar-refractivity contribution in [3.05, 3.63) is 0 Å². The van der Waals surface area contributed by atoms with Gasteiger partial charge in [0.2, 0.25) is 0 Å². The van der Waals surface area contributed by atoms with E-state index in [-0.39, 0.29) is 19.0 Å². The third-order valence-electron chi connectivity index (χ3n) is 2.44. The zero-order valence-corrected chi connectivity index (χ0v) is 12.0. The van der Waals surface area contributed by atoms with E-state index in [1.54, 1.807) is 6.92 Å². The molecule has 0 bridgehead atoms. The minimum atomic E-state index is -3.50. The molecule has 0 atom stereocenters. The van der Waals surface area contributed by atoms with Crippen molar-refractivity contribution in [3.63, 3.8) is 0 Å². The maximum atomic E-state index is 12.1. The van der Waals surface area contributed by atoms with Crippen LogP contribution in [0.5, 0.6) is 0 Å². The van der Waals surface area contributed by atoms with Crippen molar-refractivity contribution < 1.29 is 17.9 Å². The van der Waals surface area contributed by atoms with Crippen LogP contribution in [0.3, 0.4) is 0 Å². The van der Waals surface area contributed by atoms with Gasteiger partial charge in [-0.05, 0) is 13.8 Å². The minimum absolute atomic E-state index is 0.0574. The predicted octanol–water partition coefficient (Wildman–Crippen LogP) is 0.456. The second-order valence-corrected chi connectivity index (χ2v) is 5.94. The third kappa shape index (κ3) is 4.61. The summed E-state index contributed by atoms with van der Waals surface area (Å²) in [6, 6.07) is -0.106. The second kappa shape index (κ2) is 6.93. The Kier molecular flexibility index (Phi) is 6.66. The Labute approximate surface area is 104 Å². The van der Waals surface area contributed by atoms with Gasteiger partial charge in [-0.25, -0.2) is 0 Å². The molecule has 0 N–H and O–H groups in total. The SMILES string of the molecule is CCN(C(C)C)S(=O)(=O)N(C)CCC(=O)OC. The predicted molar refractivity (Wildman–Crippen MR) is 65.7 cm³/mol. The lowest BCUT2D eigenvalue weighted by Crippen LogP contribution is -2.45. The molecule has 0 heterocycles. The van der Waals surface area contributed by atoms with Crippen LogP contribution in [0, 0.1) is 0 Å². The number of hydrogen-bond donors (Lipinski definition) is 0. The number of methoxy groups -OCH3 is 1. The van der Waals surface area contributed by atoms with E-state index in [0.29, 0.717) is 6.54 Å². The summed E-state index contributed by atoms with van der Waals surface area (Å²) >= 11 is 0. The molecule has 0 aliphatic rings. The number of carbonyl (C=O) groups excluding carboxylic acids is 1. The maximum Gasteiger partial charge on any atom is 0.306 e. The molecule has 7 heteroatoms. The molecule has 6 nitrogen and oxygen atoms in total. The van der Waals surface area contributed by atoms with Gasteiger partial charge in [0, 0.05) is 26.2 Å². The molecule has 0 radical (unpaired) electrons. The first-order valence-corrected chi connectivity index (χ1v) is 6.97. The number of carbonyl (C=O) groups is 1. The fraction of sp³-hybridized carbons (Fsp3) is 0.900. The van der Waals surface area contributed by atoms with Gasteiger partial charge in [0.05, 0.1) is 13.5 Å². The summed E-state index contributed by atoms with van der Waals surface area (Å²) in [5.74, 6) is -0.417. The monoisotopic (exact) mass is 266 g/mol. The van der Waals surface area contributed by atoms with E-state index in [1.165, 1.54) is 22.8 Å². The Bertz CT molecular complexity index is 340. The van der Waals surface area contributed by atoms with Crippen LogP contribution in [0.4, 0.5) is 0 Å². The Balaban J connectivity index is 4.64. The highest BCUT2D eigenvalue weighted by Gasteiger charge is 2.27. The van der Waals surface area contributed by atoms with Crippen LogP contribution in [-0.4, -0.2) is 56.3 Å². The highest BCUT2D eigenvalue weighted by atomic mass is 32.2. The lowest BCUT2D eigenvalue weighted by Gasteiger charge is -2.29. The van der Waals surface area contributed by atoms with Crippen molar-refractivity contribution >= 4 is 16.2 Å². The molecule has 0 aromatic rings. The Morgan fingerprint density at radius 1 is 1.35 bits per heavy atom. The number of ether oxygens (including phenoxy) is 1. The zero-order valence-electron chi connectivity index (χ0n) is 11.1. The van der Waals surface area contributed by atoms with E-state index in [9.17, 15) is 13.2 Å². The normalized spacial score (nSPS) is 12.5. The van der Waals surface area contributed by atoms with Crippen LogP contribution in [-0.2, 0) is 19.7 Å². The molecule has 0 spiro atoms. The van der Waals surface area contributed by atoms with Crippen molar-refractivity contribution in [2.24, 2.45) is 0 Å². The number of hydrogen-bond acceptors (Lipinski definition) is 4. The van der Waals surface area contributed by atoms with Crippen LogP contribution in [0.2, 0.25) is 0 Å². The molecule has 0 rings (SSSR count). The molecule has 0 aliphatic carbocycles. The zero-order chi connectivity index (χ0) is 13.6. The summed E-state index contributed by atoms with van der Waals surface area (Å²) in [5.41, 5.74) is 0. The molecule has 0 fully saturated rings. The van der Waals surface area contributed by atoms with Crippen molar-refractivity contribution in [2.45, 2.75) is 33.2 Å². The van der Waals surface area contributed by atoms with Gasteiger partial charge in [-0.15, -0.1) is 0 Å². The lowest BCUT2D eigenvalue weighted by atomic mass is 10.4. The molecule has 0 saturated carbocycles. The summed E-state index contributed by atoms with van der Waals surface area (Å²) in [4.78, 5) is 11.0. The number of esters is 1. The number of nitrogens with zero attached hydrogens (tertiary/aromatic N) is 2. The lowest BCUT2D eigenvalue weighted by molar-refractivity contribution is -0.140. The van der Waals surface area contributed by atoms with Crippen LogP contribution in [0.1, 0.15) is 27.2 Å². The Morgan fingerprint density at radius 3 is 2.24 bits per heavy atom. The highest BCUT2D eigenvalue weighted by Crippen LogP contribution is 2.10. The topological polar surface area (TPSA) is 66.9 Å². The van der Waals surface area contributed by atoms with E-state index < -0.39 is 16.2 Å². The average Bonchev–Trinajstić information content (AvgIpc) is 2.24. The average molecular weight is 266 g/mol. The molecule has 0 aliphatic heterocycles. The molecule has 102 valence electrons. The van der Waals surface area contributed by atoms with Crippen LogP contribution < -0.4 is 0 Å². The van der Waals surface area contributed by atoms with Crippen molar-refractivity contribution in [1.29, 1.82) is 0 Å². The van der Waals surface area contributed by atoms with Crippen LogP contribution >= 0.6 is 0 Å². The standard InChI is InChI=1S/C10H22N2O4S/c1-6-12(9(2)3)17(14,15)11(4)8-7-10(13)16-5/h9H,6-8H2,1-5H3. The smallest absolute Gasteiger partial charge is 0.306 e. The maximum absolute atomic E-state index is 12.1. The van der Waals surface area contributed by atoms with Gasteiger partial charge in [-0.1, -0.05) is 6.92 Å². The van der Waals surface area contributed by atoms with E-state index in [2.05, 4.69) is 4.74 Å². The summed E-state index contributed by atoms with van der Waals surface area (Å²) in [7, 11) is -0.753. The summed E-state index contributed by atoms with van der Waals surface area (Å²) < 4.78 is 31.2. The first kappa shape index (κ1) is 16.3. The van der Waals surface area contributed by atoms with E-state index in [0.717, 1.165) is 0 Å². The molecular weight excluding hydrogens is 244 g/mol. The first-order valence-electron chi connectivity index (χ1n) is 5.57. The largest absolute Gasteiger partial charge is 0.469 e. The molecule has 0 aromatic heterocycles. The van der Waals surface area contributed by atoms with Gasteiger partial charge in [-0.2, -0.15) is 17.0 Å². The first-order chi connectivity index (χ1) is 7.77. The van der Waals surface area contributed by atoms with Gasteiger partial charge < -0.3 is 4.74 Å². The van der Waals surface area contributed by atoms with Gasteiger partial charge in [-0.3, -0.25) is 4.79 Å². The van der Waals surface area contributed by atoms with Gasteiger partial charge >= 0.3 is 5.97 Å². The molecular formula is C10H22N2O4S. The number of rotatable bonds is 7. The molecule has 0 unspecified atom stereocenters. The summed E-state index contributed by atoms with van der Waals surface area (Å²) in [6.07, 6.45) is 0.0574. The second-order valence-electron chi connectivity index (χ2n) is 3.95. The van der Waals surface area contributed by atoms with E-state index >= 15 is 0 Å². The summed E-state index contributed by atoms with van der Waals surface area (Å²) in [5, 5.41) is 0. The molecule has 0 saturated heterocycles. The third-order valence-corrected chi connectivity index (χ3v) is 4.68. The van der Waals surface area contributed by atoms with Crippen molar-refractivity contribution in [2.75, 3.05) is 27.2 Å². The molecule has 0 aromatic carbocycles. The van der Waals surface area contributed by atoms with E-state index in [1.807, 2.05) is 13.8 Å². The van der Waals surface area contributed by atoms with Gasteiger partial charge in [0.15, 0.2) is 0 Å². The Hall–Kier alpha value is -0.660. The van der Waals surface area contributed by atoms with Crippen molar-refractivity contribution in [1.82, 2.24) is 8.61 Å². The fourth-order valence-electron chi connectivity index (χ4n) is 1.44. The summed E-state index contributed by atoms with van der Waals surface area (Å²) in [6.45, 7) is 5.94. The van der Waals surface area contributed by atoms with Crippen molar-refractivity contribution in [3.8, 4) is 0 Å².